The van der Waals surface area contributed by atoms with Gasteiger partial charge in [-0.3, -0.25) is 9.59 Å². The zero-order valence-electron chi connectivity index (χ0n) is 19.0. The monoisotopic (exact) mass is 475 g/mol. The summed E-state index contributed by atoms with van der Waals surface area (Å²) in [6.07, 6.45) is 1.41. The number of rotatable bonds is 9. The highest BCUT2D eigenvalue weighted by Crippen LogP contribution is 2.29. The Morgan fingerprint density at radius 2 is 1.57 bits per heavy atom. The molecule has 0 aromatic heterocycles. The molecule has 9 heteroatoms. The first-order valence-corrected chi connectivity index (χ1v) is 10.4. The molecule has 0 radical (unpaired) electrons. The van der Waals surface area contributed by atoms with Gasteiger partial charge in [0.1, 0.15) is 23.2 Å². The van der Waals surface area contributed by atoms with Crippen molar-refractivity contribution in [3.63, 3.8) is 0 Å². The van der Waals surface area contributed by atoms with Gasteiger partial charge in [-0.25, -0.2) is 4.39 Å². The summed E-state index contributed by atoms with van der Waals surface area (Å²) in [6, 6.07) is 18.7. The molecule has 0 unspecified atom stereocenters. The molecule has 3 aromatic rings. The molecule has 0 saturated carbocycles. The van der Waals surface area contributed by atoms with E-state index in [4.69, 9.17) is 14.2 Å². The molecule has 3 aromatic carbocycles. The Hall–Kier alpha value is -4.84. The molecule has 3 rings (SSSR count). The lowest BCUT2D eigenvalue weighted by Gasteiger charge is -2.12. The van der Waals surface area contributed by atoms with E-state index < -0.39 is 17.6 Å². The molecule has 0 aliphatic heterocycles. The van der Waals surface area contributed by atoms with Gasteiger partial charge in [0.05, 0.1) is 14.2 Å². The standard InChI is InChI=1S/C26H22FN3O5/c1-33-22-10-8-21(9-11-22)30-26(32)18(15-28)13-17-3-12-23(24(14-17)34-2)35-16-25(31)29-20-6-4-19(27)5-7-20/h3-14H,16H2,1-2H3,(H,29,31)(H,30,32)/b18-13-. The van der Waals surface area contributed by atoms with Crippen molar-refractivity contribution in [1.29, 1.82) is 5.26 Å². The first-order chi connectivity index (χ1) is 16.9. The fourth-order valence-electron chi connectivity index (χ4n) is 2.95. The summed E-state index contributed by atoms with van der Waals surface area (Å²) in [7, 11) is 2.97. The van der Waals surface area contributed by atoms with Crippen molar-refractivity contribution in [2.45, 2.75) is 0 Å². The average Bonchev–Trinajstić information content (AvgIpc) is 2.88. The van der Waals surface area contributed by atoms with Crippen molar-refractivity contribution < 1.29 is 28.2 Å². The van der Waals surface area contributed by atoms with Crippen molar-refractivity contribution >= 4 is 29.3 Å². The Kier molecular flexibility index (Phi) is 8.40. The van der Waals surface area contributed by atoms with Crippen molar-refractivity contribution in [2.24, 2.45) is 0 Å². The molecule has 0 saturated heterocycles. The number of hydrogen-bond donors (Lipinski definition) is 2. The van der Waals surface area contributed by atoms with Crippen LogP contribution in [-0.2, 0) is 9.59 Å². The van der Waals surface area contributed by atoms with Gasteiger partial charge in [-0.1, -0.05) is 6.07 Å². The number of benzene rings is 3. The Bertz CT molecular complexity index is 1270. The SMILES string of the molecule is COc1ccc(NC(=O)/C(C#N)=C\c2ccc(OCC(=O)Nc3ccc(F)cc3)c(OC)c2)cc1. The molecule has 8 nitrogen and oxygen atoms in total. The summed E-state index contributed by atoms with van der Waals surface area (Å²) in [5.41, 5.74) is 1.35. The molecule has 178 valence electrons. The fraction of sp³-hybridized carbons (Fsp3) is 0.115. The van der Waals surface area contributed by atoms with Crippen LogP contribution in [0.25, 0.3) is 6.08 Å². The smallest absolute Gasteiger partial charge is 0.266 e. The summed E-state index contributed by atoms with van der Waals surface area (Å²) >= 11 is 0. The van der Waals surface area contributed by atoms with Crippen LogP contribution in [0.15, 0.2) is 72.3 Å². The second kappa shape index (κ2) is 11.9. The molecule has 0 aliphatic rings. The average molecular weight is 475 g/mol. The van der Waals surface area contributed by atoms with Crippen LogP contribution in [0.3, 0.4) is 0 Å². The summed E-state index contributed by atoms with van der Waals surface area (Å²) in [6.45, 7) is -0.309. The molecule has 2 N–H and O–H groups in total. The maximum atomic E-state index is 13.0. The van der Waals surface area contributed by atoms with Gasteiger partial charge in [-0.05, 0) is 72.3 Å². The van der Waals surface area contributed by atoms with Crippen molar-refractivity contribution in [2.75, 3.05) is 31.5 Å². The predicted molar refractivity (Wildman–Crippen MR) is 129 cm³/mol. The Labute approximate surface area is 201 Å². The lowest BCUT2D eigenvalue weighted by atomic mass is 10.1. The van der Waals surface area contributed by atoms with E-state index in [9.17, 15) is 19.2 Å². The number of carbonyl (C=O) groups excluding carboxylic acids is 2. The summed E-state index contributed by atoms with van der Waals surface area (Å²) in [5.74, 6) is -0.183. The number of nitrogens with zero attached hydrogens (tertiary/aromatic N) is 1. The third-order valence-corrected chi connectivity index (χ3v) is 4.70. The van der Waals surface area contributed by atoms with Crippen molar-refractivity contribution in [1.82, 2.24) is 0 Å². The number of nitrogens with one attached hydrogen (secondary N) is 2. The van der Waals surface area contributed by atoms with Crippen LogP contribution < -0.4 is 24.8 Å². The van der Waals surface area contributed by atoms with Crippen LogP contribution >= 0.6 is 0 Å². The zero-order valence-corrected chi connectivity index (χ0v) is 19.0. The molecule has 0 spiro atoms. The molecule has 0 atom stereocenters. The highest BCUT2D eigenvalue weighted by molar-refractivity contribution is 6.09. The van der Waals surface area contributed by atoms with E-state index in [-0.39, 0.29) is 12.2 Å². The Balaban J connectivity index is 1.66. The first kappa shape index (κ1) is 24.8. The maximum absolute atomic E-state index is 13.0. The number of hydrogen-bond acceptors (Lipinski definition) is 6. The summed E-state index contributed by atoms with van der Waals surface area (Å²) in [4.78, 5) is 24.6. The number of nitriles is 1. The molecule has 0 heterocycles. The molecule has 2 amide bonds. The van der Waals surface area contributed by atoms with Gasteiger partial charge in [0.2, 0.25) is 0 Å². The van der Waals surface area contributed by atoms with Crippen LogP contribution in [0.1, 0.15) is 5.56 Å². The zero-order chi connectivity index (χ0) is 25.2. The molecule has 35 heavy (non-hydrogen) atoms. The molecular weight excluding hydrogens is 453 g/mol. The van der Waals surface area contributed by atoms with Crippen LogP contribution in [0.5, 0.6) is 17.2 Å². The van der Waals surface area contributed by atoms with E-state index in [1.54, 1.807) is 42.5 Å². The van der Waals surface area contributed by atoms with Gasteiger partial charge in [0.15, 0.2) is 18.1 Å². The lowest BCUT2D eigenvalue weighted by molar-refractivity contribution is -0.118. The topological polar surface area (TPSA) is 110 Å². The van der Waals surface area contributed by atoms with E-state index in [1.165, 1.54) is 44.6 Å². The summed E-state index contributed by atoms with van der Waals surface area (Å²) in [5, 5.41) is 14.7. The van der Waals surface area contributed by atoms with Crippen LogP contribution in [-0.4, -0.2) is 32.6 Å². The Morgan fingerprint density at radius 3 is 2.20 bits per heavy atom. The van der Waals surface area contributed by atoms with Crippen LogP contribution in [0.2, 0.25) is 0 Å². The van der Waals surface area contributed by atoms with E-state index in [1.807, 2.05) is 6.07 Å². The van der Waals surface area contributed by atoms with Gasteiger partial charge in [0, 0.05) is 11.4 Å². The number of halogens is 1. The van der Waals surface area contributed by atoms with Crippen molar-refractivity contribution in [3.8, 4) is 23.3 Å². The van der Waals surface area contributed by atoms with Crippen LogP contribution in [0, 0.1) is 17.1 Å². The third-order valence-electron chi connectivity index (χ3n) is 4.70. The second-order valence-corrected chi connectivity index (χ2v) is 7.11. The molecule has 0 bridgehead atoms. The maximum Gasteiger partial charge on any atom is 0.266 e. The predicted octanol–water partition coefficient (Wildman–Crippen LogP) is 4.41. The van der Waals surface area contributed by atoms with Gasteiger partial charge in [-0.2, -0.15) is 5.26 Å². The summed E-state index contributed by atoms with van der Waals surface area (Å²) < 4.78 is 28.9. The van der Waals surface area contributed by atoms with Crippen molar-refractivity contribution in [3.05, 3.63) is 83.7 Å². The van der Waals surface area contributed by atoms with Gasteiger partial charge < -0.3 is 24.8 Å². The molecule has 0 fully saturated rings. The van der Waals surface area contributed by atoms with Gasteiger partial charge >= 0.3 is 0 Å². The highest BCUT2D eigenvalue weighted by atomic mass is 19.1. The third kappa shape index (κ3) is 7.07. The fourth-order valence-corrected chi connectivity index (χ4v) is 2.95. The van der Waals surface area contributed by atoms with E-state index >= 15 is 0 Å². The number of carbonyl (C=O) groups is 2. The first-order valence-electron chi connectivity index (χ1n) is 10.4. The molecule has 0 aliphatic carbocycles. The Morgan fingerprint density at radius 1 is 0.914 bits per heavy atom. The lowest BCUT2D eigenvalue weighted by Crippen LogP contribution is -2.20. The second-order valence-electron chi connectivity index (χ2n) is 7.11. The van der Waals surface area contributed by atoms with Gasteiger partial charge in [-0.15, -0.1) is 0 Å². The van der Waals surface area contributed by atoms with Gasteiger partial charge in [0.25, 0.3) is 11.8 Å². The van der Waals surface area contributed by atoms with E-state index in [0.29, 0.717) is 34.2 Å². The largest absolute Gasteiger partial charge is 0.497 e. The number of methoxy groups -OCH3 is 2. The number of anilines is 2. The number of ether oxygens (including phenoxy) is 3. The number of amides is 2. The van der Waals surface area contributed by atoms with E-state index in [2.05, 4.69) is 10.6 Å². The van der Waals surface area contributed by atoms with Crippen LogP contribution in [0.4, 0.5) is 15.8 Å². The highest BCUT2D eigenvalue weighted by Gasteiger charge is 2.12. The minimum absolute atomic E-state index is 0.116. The minimum atomic E-state index is -0.575. The minimum Gasteiger partial charge on any atom is -0.497 e. The molecular formula is C26H22FN3O5. The van der Waals surface area contributed by atoms with E-state index in [0.717, 1.165) is 0 Å². The quantitative estimate of drug-likeness (QED) is 0.351. The normalized spacial score (nSPS) is 10.6.